The largest absolute Gasteiger partial charge is 0.493 e. The van der Waals surface area contributed by atoms with Crippen molar-refractivity contribution < 1.29 is 18.9 Å². The van der Waals surface area contributed by atoms with E-state index in [0.717, 1.165) is 11.1 Å². The second-order valence-corrected chi connectivity index (χ2v) is 6.36. The molecule has 0 bridgehead atoms. The van der Waals surface area contributed by atoms with E-state index in [4.69, 9.17) is 18.9 Å². The molecule has 4 rings (SSSR count). The zero-order valence-electron chi connectivity index (χ0n) is 15.5. The minimum Gasteiger partial charge on any atom is -0.493 e. The Balaban J connectivity index is 1.64. The van der Waals surface area contributed by atoms with Crippen LogP contribution in [0.5, 0.6) is 23.1 Å². The van der Waals surface area contributed by atoms with Crippen LogP contribution in [0.3, 0.4) is 0 Å². The molecule has 0 N–H and O–H groups in total. The Kier molecular flexibility index (Phi) is 4.58. The Hall–Kier alpha value is -3.22. The molecular formula is C20H21N3O4. The fourth-order valence-electron chi connectivity index (χ4n) is 3.17. The Labute approximate surface area is 157 Å². The van der Waals surface area contributed by atoms with E-state index in [1.807, 2.05) is 42.0 Å². The summed E-state index contributed by atoms with van der Waals surface area (Å²) in [6.07, 6.45) is 6.72. The maximum Gasteiger partial charge on any atom is 0.212 e. The summed E-state index contributed by atoms with van der Waals surface area (Å²) in [5.41, 5.74) is 1.96. The highest BCUT2D eigenvalue weighted by atomic mass is 16.6. The van der Waals surface area contributed by atoms with Gasteiger partial charge in [-0.1, -0.05) is 0 Å². The third-order valence-electron chi connectivity index (χ3n) is 4.51. The van der Waals surface area contributed by atoms with Crippen molar-refractivity contribution in [3.8, 4) is 23.1 Å². The lowest BCUT2D eigenvalue weighted by Crippen LogP contribution is -2.31. The lowest BCUT2D eigenvalue weighted by atomic mass is 10.0. The predicted molar refractivity (Wildman–Crippen MR) is 98.6 cm³/mol. The van der Waals surface area contributed by atoms with Crippen LogP contribution in [0.1, 0.15) is 24.2 Å². The van der Waals surface area contributed by atoms with Crippen LogP contribution in [0.15, 0.2) is 49.2 Å². The number of pyridine rings is 1. The SMILES string of the molecule is COc1ccc(C2Oc3c(OC)cc(Cn4ccnc4)cc3OC2C)cn1. The summed E-state index contributed by atoms with van der Waals surface area (Å²) in [6.45, 7) is 2.65. The van der Waals surface area contributed by atoms with Gasteiger partial charge in [0.1, 0.15) is 6.10 Å². The molecule has 7 heteroatoms. The van der Waals surface area contributed by atoms with Gasteiger partial charge in [0.2, 0.25) is 11.6 Å². The van der Waals surface area contributed by atoms with Crippen molar-refractivity contribution in [3.05, 3.63) is 60.3 Å². The molecular weight excluding hydrogens is 346 g/mol. The molecule has 0 fully saturated rings. The van der Waals surface area contributed by atoms with Gasteiger partial charge in [-0.15, -0.1) is 0 Å². The number of methoxy groups -OCH3 is 2. The van der Waals surface area contributed by atoms with Crippen molar-refractivity contribution >= 4 is 0 Å². The number of hydrogen-bond donors (Lipinski definition) is 0. The summed E-state index contributed by atoms with van der Waals surface area (Å²) in [7, 11) is 3.22. The van der Waals surface area contributed by atoms with Crippen LogP contribution >= 0.6 is 0 Å². The molecule has 1 aliphatic heterocycles. The van der Waals surface area contributed by atoms with Gasteiger partial charge in [-0.25, -0.2) is 9.97 Å². The molecule has 3 aromatic rings. The fourth-order valence-corrected chi connectivity index (χ4v) is 3.17. The number of ether oxygens (including phenoxy) is 4. The number of imidazole rings is 1. The first-order chi connectivity index (χ1) is 13.2. The molecule has 2 unspecified atom stereocenters. The topological polar surface area (TPSA) is 67.6 Å². The van der Waals surface area contributed by atoms with E-state index in [9.17, 15) is 0 Å². The minimum atomic E-state index is -0.288. The third kappa shape index (κ3) is 3.40. The molecule has 27 heavy (non-hydrogen) atoms. The van der Waals surface area contributed by atoms with Gasteiger partial charge >= 0.3 is 0 Å². The van der Waals surface area contributed by atoms with Crippen LogP contribution in [0.2, 0.25) is 0 Å². The smallest absolute Gasteiger partial charge is 0.212 e. The van der Waals surface area contributed by atoms with Gasteiger partial charge in [0.05, 0.1) is 20.5 Å². The molecule has 3 heterocycles. The van der Waals surface area contributed by atoms with Crippen molar-refractivity contribution in [2.24, 2.45) is 0 Å². The molecule has 7 nitrogen and oxygen atoms in total. The molecule has 0 radical (unpaired) electrons. The van der Waals surface area contributed by atoms with Crippen molar-refractivity contribution in [2.45, 2.75) is 25.7 Å². The Morgan fingerprint density at radius 2 is 2.04 bits per heavy atom. The van der Waals surface area contributed by atoms with E-state index < -0.39 is 0 Å². The summed E-state index contributed by atoms with van der Waals surface area (Å²) >= 11 is 0. The normalized spacial score (nSPS) is 18.2. The zero-order valence-corrected chi connectivity index (χ0v) is 15.5. The first-order valence-electron chi connectivity index (χ1n) is 8.68. The van der Waals surface area contributed by atoms with Crippen LogP contribution in [-0.4, -0.2) is 34.9 Å². The summed E-state index contributed by atoms with van der Waals surface area (Å²) < 4.78 is 25.1. The van der Waals surface area contributed by atoms with Gasteiger partial charge < -0.3 is 23.5 Å². The van der Waals surface area contributed by atoms with Crippen molar-refractivity contribution in [1.29, 1.82) is 0 Å². The van der Waals surface area contributed by atoms with E-state index in [-0.39, 0.29) is 12.2 Å². The van der Waals surface area contributed by atoms with Crippen LogP contribution in [0, 0.1) is 0 Å². The summed E-state index contributed by atoms with van der Waals surface area (Å²) in [5, 5.41) is 0. The van der Waals surface area contributed by atoms with Crippen LogP contribution < -0.4 is 18.9 Å². The van der Waals surface area contributed by atoms with E-state index in [1.165, 1.54) is 0 Å². The van der Waals surface area contributed by atoms with Gasteiger partial charge in [-0.3, -0.25) is 0 Å². The number of benzene rings is 1. The van der Waals surface area contributed by atoms with Gasteiger partial charge in [0, 0.05) is 36.8 Å². The highest BCUT2D eigenvalue weighted by molar-refractivity contribution is 5.55. The average Bonchev–Trinajstić information content (AvgIpc) is 3.20. The average molecular weight is 367 g/mol. The second-order valence-electron chi connectivity index (χ2n) is 6.36. The molecule has 2 atom stereocenters. The van der Waals surface area contributed by atoms with E-state index >= 15 is 0 Å². The van der Waals surface area contributed by atoms with Crippen molar-refractivity contribution in [1.82, 2.24) is 14.5 Å². The molecule has 1 aliphatic rings. The Bertz CT molecular complexity index is 910. The fraction of sp³-hybridized carbons (Fsp3) is 0.300. The Morgan fingerprint density at radius 1 is 1.15 bits per heavy atom. The van der Waals surface area contributed by atoms with Crippen LogP contribution in [0.4, 0.5) is 0 Å². The third-order valence-corrected chi connectivity index (χ3v) is 4.51. The standard InChI is InChI=1S/C20H21N3O4/c1-13-19(15-4-5-18(25-3)22-10-15)27-20-16(24-2)8-14(9-17(20)26-13)11-23-7-6-21-12-23/h4-10,12-13,19H,11H2,1-3H3. The molecule has 0 amide bonds. The van der Waals surface area contributed by atoms with Gasteiger partial charge in [-0.2, -0.15) is 0 Å². The molecule has 140 valence electrons. The van der Waals surface area contributed by atoms with Gasteiger partial charge in [-0.05, 0) is 30.7 Å². The predicted octanol–water partition coefficient (Wildman–Crippen LogP) is 3.24. The lowest BCUT2D eigenvalue weighted by Gasteiger charge is -2.33. The number of nitrogens with zero attached hydrogens (tertiary/aromatic N) is 3. The Morgan fingerprint density at radius 3 is 2.70 bits per heavy atom. The molecule has 0 saturated carbocycles. The van der Waals surface area contributed by atoms with Gasteiger partial charge in [0.15, 0.2) is 17.6 Å². The monoisotopic (exact) mass is 367 g/mol. The quantitative estimate of drug-likeness (QED) is 0.690. The first kappa shape index (κ1) is 17.2. The summed E-state index contributed by atoms with van der Waals surface area (Å²) in [4.78, 5) is 8.34. The van der Waals surface area contributed by atoms with E-state index in [2.05, 4.69) is 9.97 Å². The number of hydrogen-bond acceptors (Lipinski definition) is 6. The molecule has 2 aromatic heterocycles. The molecule has 0 aliphatic carbocycles. The van der Waals surface area contributed by atoms with E-state index in [1.54, 1.807) is 32.9 Å². The molecule has 0 spiro atoms. The van der Waals surface area contributed by atoms with Gasteiger partial charge in [0.25, 0.3) is 0 Å². The highest BCUT2D eigenvalue weighted by Gasteiger charge is 2.32. The zero-order chi connectivity index (χ0) is 18.8. The summed E-state index contributed by atoms with van der Waals surface area (Å²) in [5.74, 6) is 2.48. The second kappa shape index (κ2) is 7.19. The van der Waals surface area contributed by atoms with Crippen LogP contribution in [-0.2, 0) is 6.54 Å². The van der Waals surface area contributed by atoms with Crippen molar-refractivity contribution in [2.75, 3.05) is 14.2 Å². The highest BCUT2D eigenvalue weighted by Crippen LogP contribution is 2.46. The number of aromatic nitrogens is 3. The minimum absolute atomic E-state index is 0.180. The number of rotatable bonds is 5. The molecule has 1 aromatic carbocycles. The molecule has 0 saturated heterocycles. The number of fused-ring (bicyclic) bond motifs is 1. The first-order valence-corrected chi connectivity index (χ1v) is 8.68. The maximum atomic E-state index is 6.27. The summed E-state index contributed by atoms with van der Waals surface area (Å²) in [6, 6.07) is 7.69. The lowest BCUT2D eigenvalue weighted by molar-refractivity contribution is 0.0277. The van der Waals surface area contributed by atoms with Crippen molar-refractivity contribution in [3.63, 3.8) is 0 Å². The maximum absolute atomic E-state index is 6.27. The van der Waals surface area contributed by atoms with Crippen LogP contribution in [0.25, 0.3) is 0 Å². The van der Waals surface area contributed by atoms with E-state index in [0.29, 0.717) is 29.7 Å².